The van der Waals surface area contributed by atoms with Crippen LogP contribution in [0.15, 0.2) is 11.2 Å². The number of imidazole rings is 1. The first kappa shape index (κ1) is 12.5. The van der Waals surface area contributed by atoms with Crippen LogP contribution >= 0.6 is 0 Å². The third-order valence-corrected chi connectivity index (χ3v) is 4.44. The molecule has 0 spiro atoms. The Hall–Kier alpha value is -0.920. The van der Waals surface area contributed by atoms with Crippen LogP contribution in [0.3, 0.4) is 0 Å². The molecule has 1 saturated carbocycles. The van der Waals surface area contributed by atoms with Crippen molar-refractivity contribution in [3.05, 3.63) is 12.0 Å². The molecule has 2 N–H and O–H groups in total. The molecule has 0 amide bonds. The Labute approximate surface area is 101 Å². The number of methoxy groups -OCH3 is 1. The number of aryl methyl sites for hydroxylation is 1. The fraction of sp³-hybridized carbons (Fsp3) is 0.700. The molecule has 1 aliphatic carbocycles. The molecule has 2 unspecified atom stereocenters. The predicted molar refractivity (Wildman–Crippen MR) is 62.1 cm³/mol. The van der Waals surface area contributed by atoms with Gasteiger partial charge < -0.3 is 9.72 Å². The van der Waals surface area contributed by atoms with Gasteiger partial charge in [0.15, 0.2) is 5.03 Å². The smallest absolute Gasteiger partial charge is 0.257 e. The molecule has 1 heterocycles. The number of nitrogens with zero attached hydrogens (tertiary/aromatic N) is 1. The highest BCUT2D eigenvalue weighted by molar-refractivity contribution is 7.89. The molecule has 1 fully saturated rings. The van der Waals surface area contributed by atoms with Gasteiger partial charge >= 0.3 is 0 Å². The lowest BCUT2D eigenvalue weighted by molar-refractivity contribution is 0.107. The van der Waals surface area contributed by atoms with Gasteiger partial charge in [0.05, 0.1) is 12.3 Å². The molecular formula is C10H17N3O3S. The third kappa shape index (κ3) is 2.85. The van der Waals surface area contributed by atoms with Crippen molar-refractivity contribution in [1.82, 2.24) is 14.7 Å². The molecule has 2 rings (SSSR count). The van der Waals surface area contributed by atoms with Crippen LogP contribution in [0, 0.1) is 6.92 Å². The number of hydrogen-bond acceptors (Lipinski definition) is 4. The molecule has 0 saturated heterocycles. The van der Waals surface area contributed by atoms with Crippen LogP contribution in [0.4, 0.5) is 0 Å². The van der Waals surface area contributed by atoms with Gasteiger partial charge in [0.1, 0.15) is 5.82 Å². The Morgan fingerprint density at radius 2 is 2.29 bits per heavy atom. The van der Waals surface area contributed by atoms with Crippen LogP contribution in [0.2, 0.25) is 0 Å². The second-order valence-electron chi connectivity index (χ2n) is 4.32. The summed E-state index contributed by atoms with van der Waals surface area (Å²) in [4.78, 5) is 6.61. The maximum atomic E-state index is 12.0. The number of aromatic amines is 1. The summed E-state index contributed by atoms with van der Waals surface area (Å²) in [5.41, 5.74) is 0. The molecule has 0 radical (unpaired) electrons. The molecule has 1 aromatic heterocycles. The van der Waals surface area contributed by atoms with Gasteiger partial charge in [-0.25, -0.2) is 18.1 Å². The van der Waals surface area contributed by atoms with Gasteiger partial charge in [0.25, 0.3) is 10.0 Å². The van der Waals surface area contributed by atoms with Crippen molar-refractivity contribution in [1.29, 1.82) is 0 Å². The van der Waals surface area contributed by atoms with Gasteiger partial charge in [0.2, 0.25) is 0 Å². The number of H-pyrrole nitrogens is 1. The van der Waals surface area contributed by atoms with Crippen molar-refractivity contribution in [3.8, 4) is 0 Å². The van der Waals surface area contributed by atoms with Crippen molar-refractivity contribution in [3.63, 3.8) is 0 Å². The molecule has 2 atom stereocenters. The van der Waals surface area contributed by atoms with Crippen molar-refractivity contribution in [2.75, 3.05) is 7.11 Å². The highest BCUT2D eigenvalue weighted by atomic mass is 32.2. The van der Waals surface area contributed by atoms with Crippen molar-refractivity contribution in [2.45, 2.75) is 43.4 Å². The summed E-state index contributed by atoms with van der Waals surface area (Å²) < 4.78 is 31.8. The Balaban J connectivity index is 2.03. The van der Waals surface area contributed by atoms with E-state index in [9.17, 15) is 8.42 Å². The lowest BCUT2D eigenvalue weighted by Gasteiger charge is -2.12. The van der Waals surface area contributed by atoms with E-state index in [-0.39, 0.29) is 17.2 Å². The maximum Gasteiger partial charge on any atom is 0.257 e. The van der Waals surface area contributed by atoms with Gasteiger partial charge in [-0.15, -0.1) is 0 Å². The number of nitrogens with one attached hydrogen (secondary N) is 2. The third-order valence-electron chi connectivity index (χ3n) is 3.01. The second-order valence-corrected chi connectivity index (χ2v) is 6.00. The summed E-state index contributed by atoms with van der Waals surface area (Å²) in [6.07, 6.45) is 3.92. The zero-order valence-electron chi connectivity index (χ0n) is 9.93. The predicted octanol–water partition coefficient (Wildman–Crippen LogP) is 0.564. The zero-order valence-corrected chi connectivity index (χ0v) is 10.8. The Bertz CT molecular complexity index is 483. The van der Waals surface area contributed by atoms with E-state index in [4.69, 9.17) is 4.74 Å². The Kier molecular flexibility index (Phi) is 3.50. The molecule has 7 heteroatoms. The van der Waals surface area contributed by atoms with Crippen molar-refractivity contribution in [2.24, 2.45) is 0 Å². The van der Waals surface area contributed by atoms with Gasteiger partial charge in [0, 0.05) is 13.2 Å². The number of hydrogen-bond donors (Lipinski definition) is 2. The normalized spacial score (nSPS) is 25.3. The van der Waals surface area contributed by atoms with Gasteiger partial charge in [-0.2, -0.15) is 0 Å². The lowest BCUT2D eigenvalue weighted by atomic mass is 10.3. The minimum Gasteiger partial charge on any atom is -0.381 e. The lowest BCUT2D eigenvalue weighted by Crippen LogP contribution is -2.33. The van der Waals surface area contributed by atoms with Gasteiger partial charge in [-0.1, -0.05) is 0 Å². The van der Waals surface area contributed by atoms with E-state index in [0.29, 0.717) is 5.82 Å². The number of rotatable bonds is 4. The first-order valence-electron chi connectivity index (χ1n) is 5.58. The van der Waals surface area contributed by atoms with E-state index >= 15 is 0 Å². The SMILES string of the molecule is COC1CCC(NS(=O)(=O)c2cnc(C)[nH]2)C1. The van der Waals surface area contributed by atoms with Crippen molar-refractivity contribution >= 4 is 10.0 Å². The van der Waals surface area contributed by atoms with E-state index < -0.39 is 10.0 Å². The summed E-state index contributed by atoms with van der Waals surface area (Å²) in [6.45, 7) is 1.72. The van der Waals surface area contributed by atoms with E-state index in [0.717, 1.165) is 19.3 Å². The van der Waals surface area contributed by atoms with E-state index in [2.05, 4.69) is 14.7 Å². The van der Waals surface area contributed by atoms with Crippen LogP contribution in [0.5, 0.6) is 0 Å². The minimum absolute atomic E-state index is 0.0476. The van der Waals surface area contributed by atoms with Crippen LogP contribution in [0.25, 0.3) is 0 Å². The number of aromatic nitrogens is 2. The van der Waals surface area contributed by atoms with Crippen molar-refractivity contribution < 1.29 is 13.2 Å². The highest BCUT2D eigenvalue weighted by Gasteiger charge is 2.29. The maximum absolute atomic E-state index is 12.0. The quantitative estimate of drug-likeness (QED) is 0.827. The number of sulfonamides is 1. The molecule has 0 aliphatic heterocycles. The summed E-state index contributed by atoms with van der Waals surface area (Å²) in [5, 5.41) is 0.121. The summed E-state index contributed by atoms with van der Waals surface area (Å²) in [5.74, 6) is 0.589. The largest absolute Gasteiger partial charge is 0.381 e. The molecule has 1 aromatic rings. The van der Waals surface area contributed by atoms with Gasteiger partial charge in [-0.05, 0) is 26.2 Å². The molecule has 1 aliphatic rings. The molecule has 6 nitrogen and oxygen atoms in total. The number of ether oxygens (including phenoxy) is 1. The molecule has 96 valence electrons. The topological polar surface area (TPSA) is 84.1 Å². The first-order chi connectivity index (χ1) is 8.01. The fourth-order valence-electron chi connectivity index (χ4n) is 2.08. The Morgan fingerprint density at radius 1 is 1.53 bits per heavy atom. The van der Waals surface area contributed by atoms with E-state index in [1.54, 1.807) is 14.0 Å². The first-order valence-corrected chi connectivity index (χ1v) is 7.06. The molecular weight excluding hydrogens is 242 g/mol. The molecule has 0 aromatic carbocycles. The monoisotopic (exact) mass is 259 g/mol. The van der Waals surface area contributed by atoms with Crippen LogP contribution in [0.1, 0.15) is 25.1 Å². The van der Waals surface area contributed by atoms with Crippen LogP contribution in [-0.2, 0) is 14.8 Å². The molecule has 0 bridgehead atoms. The van der Waals surface area contributed by atoms with E-state index in [1.807, 2.05) is 0 Å². The van der Waals surface area contributed by atoms with Crippen LogP contribution < -0.4 is 4.72 Å². The average molecular weight is 259 g/mol. The molecule has 17 heavy (non-hydrogen) atoms. The highest BCUT2D eigenvalue weighted by Crippen LogP contribution is 2.22. The average Bonchev–Trinajstić information content (AvgIpc) is 2.86. The van der Waals surface area contributed by atoms with Crippen LogP contribution in [-0.4, -0.2) is 37.6 Å². The Morgan fingerprint density at radius 3 is 2.82 bits per heavy atom. The minimum atomic E-state index is -3.48. The standard InChI is InChI=1S/C10H17N3O3S/c1-7-11-6-10(12-7)17(14,15)13-8-3-4-9(5-8)16-2/h6,8-9,13H,3-5H2,1-2H3,(H,11,12). The summed E-state index contributed by atoms with van der Waals surface area (Å²) in [6, 6.07) is -0.0476. The fourth-order valence-corrected chi connectivity index (χ4v) is 3.33. The summed E-state index contributed by atoms with van der Waals surface area (Å²) >= 11 is 0. The van der Waals surface area contributed by atoms with Gasteiger partial charge in [-0.3, -0.25) is 0 Å². The second kappa shape index (κ2) is 4.75. The van der Waals surface area contributed by atoms with E-state index in [1.165, 1.54) is 6.20 Å². The zero-order chi connectivity index (χ0) is 12.5. The summed E-state index contributed by atoms with van der Waals surface area (Å²) in [7, 11) is -1.83.